The summed E-state index contributed by atoms with van der Waals surface area (Å²) in [5.41, 5.74) is -1.11. The molecule has 0 spiro atoms. The lowest BCUT2D eigenvalue weighted by atomic mass is 9.77. The van der Waals surface area contributed by atoms with E-state index in [4.69, 9.17) is 42.2 Å². The third-order valence-electron chi connectivity index (χ3n) is 14.8. The van der Waals surface area contributed by atoms with Crippen molar-refractivity contribution in [2.75, 3.05) is 27.4 Å². The normalized spacial score (nSPS) is 21.0. The standard InChI is InChI=1S/C60H56FN4O14P/c1-37-33-64(57(68)62-55(37)66)53-31-49(78-60(40-17-9-6-10-18-40)45-19-11-13-21-47(45)75-48-22-14-12-20-46(48)60)52(77-53)36-74-80(61,70)79-50-32-54(65-34-38(2)56(67)63-58(65)69)76-51(50)35-73-59(39-15-7-5-8-16-39,41-23-27-43(71-3)28-24-41)42-25-29-44(72-4)30-26-42/h5-30,33-34,49-54H,31-32,35-36H2,1-4H3,(H,62,66,68)(H,63,67,69)/t49-,50-,51+,52+,53+,54+,80?/m0/s1. The molecule has 18 nitrogen and oxygen atoms in total. The molecule has 80 heavy (non-hydrogen) atoms. The van der Waals surface area contributed by atoms with Crippen molar-refractivity contribution in [3.05, 3.63) is 256 Å². The van der Waals surface area contributed by atoms with Gasteiger partial charge in [-0.15, -0.1) is 4.20 Å². The van der Waals surface area contributed by atoms with E-state index in [1.807, 2.05) is 133 Å². The molecular weight excluding hydrogens is 1050 g/mol. The first-order valence-corrected chi connectivity index (χ1v) is 27.3. The van der Waals surface area contributed by atoms with Gasteiger partial charge < -0.3 is 33.2 Å². The van der Waals surface area contributed by atoms with Gasteiger partial charge in [0.25, 0.3) is 11.1 Å². The van der Waals surface area contributed by atoms with Crippen molar-refractivity contribution >= 4 is 7.91 Å². The second kappa shape index (κ2) is 22.3. The molecule has 3 aliphatic rings. The highest BCUT2D eigenvalue weighted by Gasteiger charge is 2.52. The molecule has 0 radical (unpaired) electrons. The van der Waals surface area contributed by atoms with E-state index in [0.29, 0.717) is 56.4 Å². The zero-order valence-electron chi connectivity index (χ0n) is 43.9. The van der Waals surface area contributed by atoms with Crippen molar-refractivity contribution in [3.8, 4) is 23.0 Å². The summed E-state index contributed by atoms with van der Waals surface area (Å²) in [6.07, 6.45) is -4.84. The van der Waals surface area contributed by atoms with Crippen LogP contribution < -0.4 is 36.7 Å². The Bertz CT molecular complexity index is 3720. The van der Waals surface area contributed by atoms with Crippen LogP contribution in [0.25, 0.3) is 0 Å². The smallest absolute Gasteiger partial charge is 0.497 e. The van der Waals surface area contributed by atoms with Gasteiger partial charge in [0, 0.05) is 47.5 Å². The van der Waals surface area contributed by atoms with Gasteiger partial charge in [0.05, 0.1) is 33.5 Å². The van der Waals surface area contributed by atoms with Crippen molar-refractivity contribution in [2.24, 2.45) is 0 Å². The van der Waals surface area contributed by atoms with Crippen LogP contribution in [0.2, 0.25) is 0 Å². The summed E-state index contributed by atoms with van der Waals surface area (Å²) in [6.45, 7) is 1.97. The van der Waals surface area contributed by atoms with E-state index in [9.17, 15) is 23.7 Å². The van der Waals surface area contributed by atoms with Crippen LogP contribution in [-0.4, -0.2) is 71.0 Å². The maximum atomic E-state index is 17.3. The number of nitrogens with one attached hydrogen (secondary N) is 2. The molecule has 1 unspecified atom stereocenters. The Kier molecular flexibility index (Phi) is 15.0. The van der Waals surface area contributed by atoms with Gasteiger partial charge >= 0.3 is 19.3 Å². The SMILES string of the molecule is COc1ccc(C(OC[C@H]2O[C@@H](n3cc(C)c(=O)[nH]c3=O)C[C@@H]2OP(=O)(F)OC[C@H]2O[C@@H](n3cc(C)c(=O)[nH]c3=O)C[C@@H]2OC2(c3ccccc3)c3ccccc3Oc3ccccc32)(c2ccccc2)c2ccc(OC)cc2)cc1. The Labute approximate surface area is 457 Å². The van der Waals surface area contributed by atoms with E-state index >= 15 is 4.20 Å². The number of aryl methyl sites for hydroxylation is 2. The van der Waals surface area contributed by atoms with Gasteiger partial charge in [-0.25, -0.2) is 14.2 Å². The summed E-state index contributed by atoms with van der Waals surface area (Å²) < 4.78 is 90.9. The predicted molar refractivity (Wildman–Crippen MR) is 291 cm³/mol. The van der Waals surface area contributed by atoms with Gasteiger partial charge in [0.1, 0.15) is 59.4 Å². The van der Waals surface area contributed by atoms with Crippen LogP contribution >= 0.6 is 7.91 Å². The maximum absolute atomic E-state index is 17.3. The first-order valence-electron chi connectivity index (χ1n) is 25.9. The molecule has 7 atom stereocenters. The molecule has 2 aromatic heterocycles. The first kappa shape index (κ1) is 54.0. The molecule has 2 N–H and O–H groups in total. The van der Waals surface area contributed by atoms with Gasteiger partial charge in [0.2, 0.25) is 0 Å². The third-order valence-corrected chi connectivity index (χ3v) is 15.8. The summed E-state index contributed by atoms with van der Waals surface area (Å²) in [5.74, 6) is 2.20. The third kappa shape index (κ3) is 10.3. The number of para-hydroxylation sites is 2. The maximum Gasteiger partial charge on any atom is 0.513 e. The number of H-pyrrole nitrogens is 2. The fourth-order valence-corrected chi connectivity index (χ4v) is 11.8. The van der Waals surface area contributed by atoms with Crippen molar-refractivity contribution < 1.29 is 51.0 Å². The van der Waals surface area contributed by atoms with E-state index in [1.165, 1.54) is 23.9 Å². The highest BCUT2D eigenvalue weighted by Crippen LogP contribution is 2.57. The van der Waals surface area contributed by atoms with Gasteiger partial charge in [0.15, 0.2) is 5.60 Å². The fourth-order valence-electron chi connectivity index (χ4n) is 10.9. The van der Waals surface area contributed by atoms with Gasteiger partial charge in [-0.05, 0) is 72.5 Å². The van der Waals surface area contributed by atoms with Gasteiger partial charge in [-0.2, -0.15) is 0 Å². The summed E-state index contributed by atoms with van der Waals surface area (Å²) in [6, 6.07) is 48.3. The lowest BCUT2D eigenvalue weighted by Gasteiger charge is -2.42. The number of benzene rings is 6. The zero-order chi connectivity index (χ0) is 55.8. The van der Waals surface area contributed by atoms with Crippen LogP contribution in [0.4, 0.5) is 4.20 Å². The molecule has 412 valence electrons. The van der Waals surface area contributed by atoms with Crippen LogP contribution in [0.3, 0.4) is 0 Å². The second-order valence-corrected chi connectivity index (χ2v) is 21.0. The van der Waals surface area contributed by atoms with E-state index in [-0.39, 0.29) is 30.6 Å². The number of nitrogens with zero attached hydrogens (tertiary/aromatic N) is 2. The van der Waals surface area contributed by atoms with Crippen molar-refractivity contribution in [3.63, 3.8) is 0 Å². The number of fused-ring (bicyclic) bond motifs is 2. The molecule has 11 rings (SSSR count). The second-order valence-electron chi connectivity index (χ2n) is 19.7. The Balaban J connectivity index is 0.943. The average molecular weight is 1110 g/mol. The molecule has 5 heterocycles. The molecule has 2 fully saturated rings. The highest BCUT2D eigenvalue weighted by molar-refractivity contribution is 7.48. The molecule has 8 aromatic rings. The molecule has 0 saturated carbocycles. The lowest BCUT2D eigenvalue weighted by molar-refractivity contribution is -0.104. The van der Waals surface area contributed by atoms with E-state index in [2.05, 4.69) is 9.97 Å². The molecule has 0 amide bonds. The van der Waals surface area contributed by atoms with Crippen molar-refractivity contribution in [1.82, 2.24) is 19.1 Å². The van der Waals surface area contributed by atoms with Crippen LogP contribution in [0.1, 0.15) is 69.8 Å². The first-order chi connectivity index (χ1) is 38.7. The Morgan fingerprint density at radius 3 is 1.56 bits per heavy atom. The lowest BCUT2D eigenvalue weighted by Crippen LogP contribution is -2.42. The summed E-state index contributed by atoms with van der Waals surface area (Å²) in [4.78, 5) is 56.6. The molecule has 20 heteroatoms. The Hall–Kier alpha value is -8.00. The summed E-state index contributed by atoms with van der Waals surface area (Å²) in [7, 11) is -2.56. The molecule has 2 saturated heterocycles. The topological polar surface area (TPSA) is 210 Å². The van der Waals surface area contributed by atoms with Crippen molar-refractivity contribution in [1.29, 1.82) is 0 Å². The molecule has 0 bridgehead atoms. The number of methoxy groups -OCH3 is 2. The minimum Gasteiger partial charge on any atom is -0.497 e. The minimum absolute atomic E-state index is 0.0346. The summed E-state index contributed by atoms with van der Waals surface area (Å²) in [5, 5.41) is 0. The van der Waals surface area contributed by atoms with Gasteiger partial charge in [-0.3, -0.25) is 37.7 Å². The average Bonchev–Trinajstić information content (AvgIpc) is 3.20. The van der Waals surface area contributed by atoms with Crippen molar-refractivity contribution in [2.45, 2.75) is 74.8 Å². The summed E-state index contributed by atoms with van der Waals surface area (Å²) >= 11 is 0. The van der Waals surface area contributed by atoms with Crippen LogP contribution in [-0.2, 0) is 43.8 Å². The monoisotopic (exact) mass is 1110 g/mol. The number of halogens is 1. The van der Waals surface area contributed by atoms with E-state index in [0.717, 1.165) is 4.57 Å². The van der Waals surface area contributed by atoms with Crippen LogP contribution in [0.15, 0.2) is 189 Å². The fraction of sp³-hybridized carbons (Fsp3) is 0.267. The largest absolute Gasteiger partial charge is 0.513 e. The Morgan fingerprint density at radius 1 is 0.600 bits per heavy atom. The van der Waals surface area contributed by atoms with E-state index in [1.54, 1.807) is 45.4 Å². The Morgan fingerprint density at radius 2 is 1.05 bits per heavy atom. The molecule has 3 aliphatic heterocycles. The number of aromatic amines is 2. The molecule has 0 aliphatic carbocycles. The number of rotatable bonds is 18. The molecular formula is C60H56FN4O14P. The quantitative estimate of drug-likeness (QED) is 0.0606. The number of aromatic nitrogens is 4. The minimum atomic E-state index is -5.68. The zero-order valence-corrected chi connectivity index (χ0v) is 44.8. The number of hydrogen-bond donors (Lipinski definition) is 2. The number of hydrogen-bond acceptors (Lipinski definition) is 14. The van der Waals surface area contributed by atoms with E-state index < -0.39 is 85.1 Å². The predicted octanol–water partition coefficient (Wildman–Crippen LogP) is 9.27. The van der Waals surface area contributed by atoms with Crippen LogP contribution in [0, 0.1) is 13.8 Å². The highest BCUT2D eigenvalue weighted by atomic mass is 31.2. The molecule has 6 aromatic carbocycles. The van der Waals surface area contributed by atoms with Gasteiger partial charge in [-0.1, -0.05) is 121 Å². The van der Waals surface area contributed by atoms with Crippen LogP contribution in [0.5, 0.6) is 23.0 Å². The number of ether oxygens (including phenoxy) is 7.